The van der Waals surface area contributed by atoms with Crippen molar-refractivity contribution < 1.29 is 14.3 Å². The molecule has 2 aromatic rings. The predicted octanol–water partition coefficient (Wildman–Crippen LogP) is 2.78. The summed E-state index contributed by atoms with van der Waals surface area (Å²) in [6.45, 7) is 2.76. The van der Waals surface area contributed by atoms with Crippen LogP contribution >= 0.6 is 15.9 Å². The van der Waals surface area contributed by atoms with Crippen LogP contribution in [0.5, 0.6) is 0 Å². The Hall–Kier alpha value is -2.25. The number of nitrogens with one attached hydrogen (secondary N) is 2. The molecule has 2 N–H and O–H groups in total. The quantitative estimate of drug-likeness (QED) is 0.741. The average Bonchev–Trinajstić information content (AvgIpc) is 2.58. The van der Waals surface area contributed by atoms with Crippen molar-refractivity contribution in [3.05, 3.63) is 57.8 Å². The largest absolute Gasteiger partial charge is 0.383 e. The lowest BCUT2D eigenvalue weighted by atomic mass is 10.2. The Balaban J connectivity index is 2.08. The van der Waals surface area contributed by atoms with Crippen LogP contribution < -0.4 is 10.6 Å². The minimum absolute atomic E-state index is 0.176. The van der Waals surface area contributed by atoms with Crippen molar-refractivity contribution >= 4 is 33.4 Å². The number of nitrogens with zero attached hydrogens (tertiary/aromatic N) is 1. The number of pyridine rings is 1. The molecule has 1 aromatic heterocycles. The van der Waals surface area contributed by atoms with Crippen molar-refractivity contribution in [1.29, 1.82) is 0 Å². The zero-order valence-corrected chi connectivity index (χ0v) is 15.0. The van der Waals surface area contributed by atoms with Crippen LogP contribution in [0.4, 0.5) is 5.69 Å². The number of carbonyl (C=O) groups excluding carboxylic acids is 2. The SMILES string of the molecule is COCCNC(=O)c1ccnc(C(=O)Nc2ccc(Br)c(C)c2)c1. The van der Waals surface area contributed by atoms with E-state index in [-0.39, 0.29) is 17.5 Å². The van der Waals surface area contributed by atoms with E-state index in [1.807, 2.05) is 19.1 Å². The lowest BCUT2D eigenvalue weighted by molar-refractivity contribution is 0.0937. The summed E-state index contributed by atoms with van der Waals surface area (Å²) in [5.41, 5.74) is 2.22. The fourth-order valence-electron chi connectivity index (χ4n) is 1.98. The molecule has 2 rings (SSSR count). The molecule has 2 amide bonds. The molecule has 126 valence electrons. The highest BCUT2D eigenvalue weighted by Crippen LogP contribution is 2.20. The molecule has 1 heterocycles. The van der Waals surface area contributed by atoms with E-state index in [9.17, 15) is 9.59 Å². The van der Waals surface area contributed by atoms with Gasteiger partial charge in [0.15, 0.2) is 0 Å². The van der Waals surface area contributed by atoms with Gasteiger partial charge in [-0.25, -0.2) is 0 Å². The Bertz CT molecular complexity index is 750. The summed E-state index contributed by atoms with van der Waals surface area (Å²) in [6.07, 6.45) is 1.44. The van der Waals surface area contributed by atoms with Crippen LogP contribution in [0.3, 0.4) is 0 Å². The minimum Gasteiger partial charge on any atom is -0.383 e. The second-order valence-corrected chi connectivity index (χ2v) is 5.95. The fraction of sp³-hybridized carbons (Fsp3) is 0.235. The van der Waals surface area contributed by atoms with Gasteiger partial charge in [-0.2, -0.15) is 0 Å². The molecule has 7 heteroatoms. The van der Waals surface area contributed by atoms with Gasteiger partial charge in [0, 0.05) is 35.6 Å². The Kier molecular flexibility index (Phi) is 6.45. The Morgan fingerprint density at radius 3 is 2.71 bits per heavy atom. The van der Waals surface area contributed by atoms with E-state index in [4.69, 9.17) is 4.74 Å². The van der Waals surface area contributed by atoms with Crippen LogP contribution in [0.1, 0.15) is 26.4 Å². The van der Waals surface area contributed by atoms with Gasteiger partial charge in [0.05, 0.1) is 6.61 Å². The van der Waals surface area contributed by atoms with Crippen molar-refractivity contribution in [2.24, 2.45) is 0 Å². The number of benzene rings is 1. The first-order valence-corrected chi connectivity index (χ1v) is 8.11. The monoisotopic (exact) mass is 391 g/mol. The second-order valence-electron chi connectivity index (χ2n) is 5.10. The molecular weight excluding hydrogens is 374 g/mol. The molecule has 0 saturated carbocycles. The van der Waals surface area contributed by atoms with E-state index < -0.39 is 0 Å². The van der Waals surface area contributed by atoms with Crippen LogP contribution in [-0.2, 0) is 4.74 Å². The van der Waals surface area contributed by atoms with Gasteiger partial charge in [0.1, 0.15) is 5.69 Å². The van der Waals surface area contributed by atoms with E-state index in [1.54, 1.807) is 19.2 Å². The number of hydrogen-bond acceptors (Lipinski definition) is 4. The van der Waals surface area contributed by atoms with Crippen LogP contribution in [0.25, 0.3) is 0 Å². The number of ether oxygens (including phenoxy) is 1. The number of amides is 2. The van der Waals surface area contributed by atoms with Crippen LogP contribution in [0.2, 0.25) is 0 Å². The van der Waals surface area contributed by atoms with E-state index in [0.29, 0.717) is 24.4 Å². The van der Waals surface area contributed by atoms with Crippen molar-refractivity contribution in [3.8, 4) is 0 Å². The summed E-state index contributed by atoms with van der Waals surface area (Å²) in [5, 5.41) is 5.47. The number of halogens is 1. The van der Waals surface area contributed by atoms with Gasteiger partial charge in [0.25, 0.3) is 11.8 Å². The molecule has 0 aliphatic rings. The van der Waals surface area contributed by atoms with Crippen molar-refractivity contribution in [2.45, 2.75) is 6.92 Å². The zero-order valence-electron chi connectivity index (χ0n) is 13.4. The molecule has 24 heavy (non-hydrogen) atoms. The number of rotatable bonds is 6. The molecule has 0 atom stereocenters. The lowest BCUT2D eigenvalue weighted by Gasteiger charge is -2.08. The van der Waals surface area contributed by atoms with E-state index >= 15 is 0 Å². The number of hydrogen-bond donors (Lipinski definition) is 2. The van der Waals surface area contributed by atoms with Crippen LogP contribution in [0.15, 0.2) is 41.0 Å². The van der Waals surface area contributed by atoms with Crippen molar-refractivity contribution in [2.75, 3.05) is 25.6 Å². The topological polar surface area (TPSA) is 80.3 Å². The van der Waals surface area contributed by atoms with Gasteiger partial charge in [-0.05, 0) is 42.8 Å². The van der Waals surface area contributed by atoms with Crippen molar-refractivity contribution in [1.82, 2.24) is 10.3 Å². The number of aromatic nitrogens is 1. The summed E-state index contributed by atoms with van der Waals surface area (Å²) < 4.78 is 5.85. The first kappa shape index (κ1) is 18.1. The maximum atomic E-state index is 12.3. The molecule has 0 saturated heterocycles. The number of carbonyl (C=O) groups is 2. The smallest absolute Gasteiger partial charge is 0.274 e. The third-order valence-electron chi connectivity index (χ3n) is 3.26. The molecule has 0 aliphatic heterocycles. The molecule has 0 spiro atoms. The molecule has 0 fully saturated rings. The molecular formula is C17H18BrN3O3. The summed E-state index contributed by atoms with van der Waals surface area (Å²) in [7, 11) is 1.56. The molecule has 0 bridgehead atoms. The summed E-state index contributed by atoms with van der Waals surface area (Å²) >= 11 is 3.41. The van der Waals surface area contributed by atoms with E-state index in [2.05, 4.69) is 31.5 Å². The minimum atomic E-state index is -0.372. The number of anilines is 1. The highest BCUT2D eigenvalue weighted by Gasteiger charge is 2.12. The zero-order chi connectivity index (χ0) is 17.5. The first-order valence-electron chi connectivity index (χ1n) is 7.32. The second kappa shape index (κ2) is 8.56. The van der Waals surface area contributed by atoms with Gasteiger partial charge in [-0.1, -0.05) is 15.9 Å². The van der Waals surface area contributed by atoms with E-state index in [1.165, 1.54) is 12.3 Å². The lowest BCUT2D eigenvalue weighted by Crippen LogP contribution is -2.27. The van der Waals surface area contributed by atoms with Gasteiger partial charge in [-0.15, -0.1) is 0 Å². The van der Waals surface area contributed by atoms with Gasteiger partial charge in [0.2, 0.25) is 0 Å². The molecule has 0 unspecified atom stereocenters. The normalized spacial score (nSPS) is 10.3. The summed E-state index contributed by atoms with van der Waals surface area (Å²) in [6, 6.07) is 8.52. The van der Waals surface area contributed by atoms with Crippen LogP contribution in [-0.4, -0.2) is 37.1 Å². The third kappa shape index (κ3) is 4.87. The molecule has 0 radical (unpaired) electrons. The van der Waals surface area contributed by atoms with Gasteiger partial charge < -0.3 is 15.4 Å². The average molecular weight is 392 g/mol. The Labute approximate surface area is 148 Å². The summed E-state index contributed by atoms with van der Waals surface area (Å²) in [5.74, 6) is -0.647. The van der Waals surface area contributed by atoms with E-state index in [0.717, 1.165) is 10.0 Å². The first-order chi connectivity index (χ1) is 11.5. The number of aryl methyl sites for hydroxylation is 1. The molecule has 0 aliphatic carbocycles. The Morgan fingerprint density at radius 2 is 2.00 bits per heavy atom. The van der Waals surface area contributed by atoms with Crippen molar-refractivity contribution in [3.63, 3.8) is 0 Å². The predicted molar refractivity (Wildman–Crippen MR) is 95.3 cm³/mol. The molecule has 1 aromatic carbocycles. The fourth-order valence-corrected chi connectivity index (χ4v) is 2.23. The van der Waals surface area contributed by atoms with Crippen LogP contribution in [0, 0.1) is 6.92 Å². The van der Waals surface area contributed by atoms with Gasteiger partial charge in [-0.3, -0.25) is 14.6 Å². The standard InChI is InChI=1S/C17H18BrN3O3/c1-11-9-13(3-4-14(11)18)21-17(23)15-10-12(5-6-19-15)16(22)20-7-8-24-2/h3-6,9-10H,7-8H2,1-2H3,(H,20,22)(H,21,23). The summed E-state index contributed by atoms with van der Waals surface area (Å²) in [4.78, 5) is 28.3. The highest BCUT2D eigenvalue weighted by molar-refractivity contribution is 9.10. The third-order valence-corrected chi connectivity index (χ3v) is 4.15. The number of methoxy groups -OCH3 is 1. The highest BCUT2D eigenvalue weighted by atomic mass is 79.9. The Morgan fingerprint density at radius 1 is 1.21 bits per heavy atom. The maximum absolute atomic E-state index is 12.3. The molecule has 6 nitrogen and oxygen atoms in total. The maximum Gasteiger partial charge on any atom is 0.274 e. The van der Waals surface area contributed by atoms with Gasteiger partial charge >= 0.3 is 0 Å².